The normalized spacial score (nSPS) is 11.7. The molecule has 17 heavy (non-hydrogen) atoms. The molecule has 1 atom stereocenters. The van der Waals surface area contributed by atoms with Crippen LogP contribution in [0.3, 0.4) is 0 Å². The van der Waals surface area contributed by atoms with Crippen molar-refractivity contribution in [2.75, 3.05) is 5.32 Å². The number of hydrogen-bond donors (Lipinski definition) is 3. The number of anilines is 1. The molecule has 1 unspecified atom stereocenters. The minimum absolute atomic E-state index is 0.314. The van der Waals surface area contributed by atoms with Crippen molar-refractivity contribution in [2.24, 2.45) is 5.73 Å². The van der Waals surface area contributed by atoms with Crippen molar-refractivity contribution < 1.29 is 9.59 Å². The largest absolute Gasteiger partial charge is 0.352 e. The van der Waals surface area contributed by atoms with Crippen LogP contribution in [-0.4, -0.2) is 18.0 Å². The summed E-state index contributed by atoms with van der Waals surface area (Å²) in [5.74, 6) is -0.314. The molecule has 1 aromatic rings. The van der Waals surface area contributed by atoms with Crippen LogP contribution in [0.25, 0.3) is 0 Å². The van der Waals surface area contributed by atoms with Gasteiger partial charge in [-0.1, -0.05) is 15.9 Å². The summed E-state index contributed by atoms with van der Waals surface area (Å²) < 4.78 is 0.971. The summed E-state index contributed by atoms with van der Waals surface area (Å²) in [6.07, 6.45) is 0. The molecule has 0 saturated heterocycles. The van der Waals surface area contributed by atoms with Crippen LogP contribution in [0.15, 0.2) is 22.7 Å². The van der Waals surface area contributed by atoms with Gasteiger partial charge < -0.3 is 16.4 Å². The number of primary amides is 1. The zero-order valence-electron chi connectivity index (χ0n) is 9.58. The van der Waals surface area contributed by atoms with Gasteiger partial charge in [0.1, 0.15) is 6.04 Å². The summed E-state index contributed by atoms with van der Waals surface area (Å²) >= 11 is 3.37. The van der Waals surface area contributed by atoms with Gasteiger partial charge in [-0.05, 0) is 37.6 Å². The van der Waals surface area contributed by atoms with E-state index >= 15 is 0 Å². The molecule has 0 heterocycles. The lowest BCUT2D eigenvalue weighted by Crippen LogP contribution is -2.44. The van der Waals surface area contributed by atoms with E-state index in [1.54, 1.807) is 13.0 Å². The number of hydrogen-bond acceptors (Lipinski definition) is 2. The molecule has 0 radical (unpaired) electrons. The Hall–Kier alpha value is -1.56. The first-order chi connectivity index (χ1) is 7.90. The van der Waals surface area contributed by atoms with E-state index in [1.807, 2.05) is 19.1 Å². The van der Waals surface area contributed by atoms with E-state index in [0.717, 1.165) is 10.0 Å². The Morgan fingerprint density at radius 2 is 2.06 bits per heavy atom. The molecule has 0 aliphatic rings. The Balaban J connectivity index is 2.67. The fourth-order valence-corrected chi connectivity index (χ4v) is 1.50. The van der Waals surface area contributed by atoms with E-state index in [-0.39, 0.29) is 5.91 Å². The number of carbonyl (C=O) groups excluding carboxylic acids is 2. The molecule has 1 rings (SSSR count). The minimum Gasteiger partial charge on any atom is -0.352 e. The molecule has 0 saturated carbocycles. The average molecular weight is 300 g/mol. The topological polar surface area (TPSA) is 84.2 Å². The van der Waals surface area contributed by atoms with E-state index in [9.17, 15) is 9.59 Å². The van der Waals surface area contributed by atoms with E-state index < -0.39 is 12.1 Å². The molecule has 6 heteroatoms. The van der Waals surface area contributed by atoms with Crippen LogP contribution in [0, 0.1) is 6.92 Å². The van der Waals surface area contributed by atoms with Gasteiger partial charge >= 0.3 is 6.03 Å². The Bertz CT molecular complexity index is 448. The Morgan fingerprint density at radius 1 is 1.41 bits per heavy atom. The van der Waals surface area contributed by atoms with Crippen LogP contribution < -0.4 is 16.4 Å². The van der Waals surface area contributed by atoms with Crippen molar-refractivity contribution in [3.05, 3.63) is 28.2 Å². The van der Waals surface area contributed by atoms with Crippen molar-refractivity contribution in [3.8, 4) is 0 Å². The predicted molar refractivity (Wildman–Crippen MR) is 69.7 cm³/mol. The van der Waals surface area contributed by atoms with Crippen LogP contribution in [0.5, 0.6) is 0 Å². The van der Waals surface area contributed by atoms with Crippen LogP contribution >= 0.6 is 15.9 Å². The number of urea groups is 1. The summed E-state index contributed by atoms with van der Waals surface area (Å²) in [4.78, 5) is 22.2. The molecule has 0 fully saturated rings. The fraction of sp³-hybridized carbons (Fsp3) is 0.273. The third-order valence-corrected chi connectivity index (χ3v) is 3.07. The summed E-state index contributed by atoms with van der Waals surface area (Å²) in [6, 6.07) is 4.05. The van der Waals surface area contributed by atoms with Crippen molar-refractivity contribution >= 4 is 33.6 Å². The lowest BCUT2D eigenvalue weighted by molar-refractivity contribution is -0.117. The summed E-state index contributed by atoms with van der Waals surface area (Å²) in [6.45, 7) is 3.48. The molecule has 0 aromatic heterocycles. The van der Waals surface area contributed by atoms with Gasteiger partial charge in [-0.3, -0.25) is 4.79 Å². The zero-order valence-corrected chi connectivity index (χ0v) is 11.2. The first-order valence-electron chi connectivity index (χ1n) is 5.03. The van der Waals surface area contributed by atoms with E-state index in [2.05, 4.69) is 26.6 Å². The zero-order chi connectivity index (χ0) is 13.0. The standard InChI is InChI=1S/C11H14BrN3O2/c1-6-5-8(3-4-9(6)12)15-10(16)7(2)14-11(13)17/h3-5,7H,1-2H3,(H,15,16)(H3,13,14,17). The van der Waals surface area contributed by atoms with Gasteiger partial charge in [-0.2, -0.15) is 0 Å². The molecule has 3 amide bonds. The van der Waals surface area contributed by atoms with Crippen molar-refractivity contribution in [1.82, 2.24) is 5.32 Å². The molecule has 0 spiro atoms. The van der Waals surface area contributed by atoms with Gasteiger partial charge in [0.2, 0.25) is 5.91 Å². The molecular weight excluding hydrogens is 286 g/mol. The maximum Gasteiger partial charge on any atom is 0.312 e. The van der Waals surface area contributed by atoms with Gasteiger partial charge in [0, 0.05) is 10.2 Å². The maximum absolute atomic E-state index is 11.7. The van der Waals surface area contributed by atoms with E-state index in [4.69, 9.17) is 5.73 Å². The lowest BCUT2D eigenvalue weighted by Gasteiger charge is -2.13. The second kappa shape index (κ2) is 5.67. The Kier molecular flexibility index (Phi) is 4.51. The van der Waals surface area contributed by atoms with E-state index in [1.165, 1.54) is 0 Å². The van der Waals surface area contributed by atoms with Crippen LogP contribution in [0.4, 0.5) is 10.5 Å². The highest BCUT2D eigenvalue weighted by Gasteiger charge is 2.14. The lowest BCUT2D eigenvalue weighted by atomic mass is 10.2. The smallest absolute Gasteiger partial charge is 0.312 e. The van der Waals surface area contributed by atoms with E-state index in [0.29, 0.717) is 5.69 Å². The Labute approximate surface area is 108 Å². The Morgan fingerprint density at radius 3 is 2.59 bits per heavy atom. The number of halogens is 1. The van der Waals surface area contributed by atoms with Gasteiger partial charge in [0.25, 0.3) is 0 Å². The molecule has 92 valence electrons. The fourth-order valence-electron chi connectivity index (χ4n) is 1.25. The number of benzene rings is 1. The number of nitrogens with two attached hydrogens (primary N) is 1. The third-order valence-electron chi connectivity index (χ3n) is 2.18. The van der Waals surface area contributed by atoms with Gasteiger partial charge in [0.05, 0.1) is 0 Å². The van der Waals surface area contributed by atoms with Gasteiger partial charge in [0.15, 0.2) is 0 Å². The van der Waals surface area contributed by atoms with Gasteiger partial charge in [-0.15, -0.1) is 0 Å². The van der Waals surface area contributed by atoms with Crippen LogP contribution in [0.1, 0.15) is 12.5 Å². The SMILES string of the molecule is Cc1cc(NC(=O)C(C)NC(N)=O)ccc1Br. The number of carbonyl (C=O) groups is 2. The molecule has 0 aliphatic carbocycles. The maximum atomic E-state index is 11.7. The predicted octanol–water partition coefficient (Wildman–Crippen LogP) is 1.75. The quantitative estimate of drug-likeness (QED) is 0.794. The number of aryl methyl sites for hydroxylation is 1. The average Bonchev–Trinajstić information content (AvgIpc) is 2.22. The highest BCUT2D eigenvalue weighted by Crippen LogP contribution is 2.19. The second-order valence-corrected chi connectivity index (χ2v) is 4.54. The summed E-state index contributed by atoms with van der Waals surface area (Å²) in [5.41, 5.74) is 6.62. The number of amides is 3. The monoisotopic (exact) mass is 299 g/mol. The highest BCUT2D eigenvalue weighted by molar-refractivity contribution is 9.10. The molecule has 5 nitrogen and oxygen atoms in total. The second-order valence-electron chi connectivity index (χ2n) is 3.68. The first kappa shape index (κ1) is 13.5. The van der Waals surface area contributed by atoms with Gasteiger partial charge in [-0.25, -0.2) is 4.79 Å². The molecule has 0 bridgehead atoms. The highest BCUT2D eigenvalue weighted by atomic mass is 79.9. The molecule has 0 aliphatic heterocycles. The number of rotatable bonds is 3. The minimum atomic E-state index is -0.723. The van der Waals surface area contributed by atoms with Crippen molar-refractivity contribution in [3.63, 3.8) is 0 Å². The summed E-state index contributed by atoms with van der Waals surface area (Å²) in [7, 11) is 0. The number of nitrogens with one attached hydrogen (secondary N) is 2. The van der Waals surface area contributed by atoms with Crippen LogP contribution in [0.2, 0.25) is 0 Å². The molecule has 4 N–H and O–H groups in total. The molecular formula is C11H14BrN3O2. The van der Waals surface area contributed by atoms with Crippen LogP contribution in [-0.2, 0) is 4.79 Å². The first-order valence-corrected chi connectivity index (χ1v) is 5.82. The molecule has 1 aromatic carbocycles. The third kappa shape index (κ3) is 4.07. The van der Waals surface area contributed by atoms with Crippen molar-refractivity contribution in [1.29, 1.82) is 0 Å². The van der Waals surface area contributed by atoms with Crippen molar-refractivity contribution in [2.45, 2.75) is 19.9 Å². The summed E-state index contributed by atoms with van der Waals surface area (Å²) in [5, 5.41) is 4.99.